The Bertz CT molecular complexity index is 716. The van der Waals surface area contributed by atoms with E-state index in [4.69, 9.17) is 14.7 Å². The number of amides is 1. The standard InChI is InChI=1S/C22H35N7O2/c30-22(31-18-25-7-1-2-8-25)29-15-13-27(14-16-29)20-17-19(26-9-3-4-10-26)23-21(24-20)28-11-5-6-12-28/h17H,1-16,18H2. The molecule has 4 saturated heterocycles. The van der Waals surface area contributed by atoms with Crippen molar-refractivity contribution in [2.45, 2.75) is 38.5 Å². The van der Waals surface area contributed by atoms with Crippen molar-refractivity contribution in [3.8, 4) is 0 Å². The van der Waals surface area contributed by atoms with Crippen molar-refractivity contribution in [3.63, 3.8) is 0 Å². The molecule has 0 bridgehead atoms. The molecule has 31 heavy (non-hydrogen) atoms. The molecule has 1 amide bonds. The van der Waals surface area contributed by atoms with Gasteiger partial charge in [-0.25, -0.2) is 4.79 Å². The summed E-state index contributed by atoms with van der Waals surface area (Å²) in [5.74, 6) is 2.91. The summed E-state index contributed by atoms with van der Waals surface area (Å²) in [5.41, 5.74) is 0. The lowest BCUT2D eigenvalue weighted by Gasteiger charge is -2.35. The highest BCUT2D eigenvalue weighted by Gasteiger charge is 2.26. The third kappa shape index (κ3) is 4.81. The Hall–Kier alpha value is -2.29. The predicted octanol–water partition coefficient (Wildman–Crippen LogP) is 1.99. The van der Waals surface area contributed by atoms with Gasteiger partial charge in [-0.1, -0.05) is 0 Å². The Balaban J connectivity index is 1.23. The second-order valence-electron chi connectivity index (χ2n) is 9.11. The normalized spacial score (nSPS) is 22.6. The number of rotatable bonds is 5. The van der Waals surface area contributed by atoms with Crippen molar-refractivity contribution < 1.29 is 9.53 Å². The third-order valence-electron chi connectivity index (χ3n) is 6.94. The van der Waals surface area contributed by atoms with Crippen LogP contribution in [-0.4, -0.2) is 98.0 Å². The molecule has 4 aliphatic rings. The molecule has 9 heteroatoms. The molecule has 0 atom stereocenters. The third-order valence-corrected chi connectivity index (χ3v) is 6.94. The lowest BCUT2D eigenvalue weighted by atomic mass is 10.3. The van der Waals surface area contributed by atoms with Gasteiger partial charge in [-0.05, 0) is 38.5 Å². The SMILES string of the molecule is O=C(OCN1CCCC1)N1CCN(c2cc(N3CCCC3)nc(N3CCCC3)n2)CC1. The number of anilines is 3. The number of ether oxygens (including phenoxy) is 1. The number of likely N-dealkylation sites (tertiary alicyclic amines) is 1. The van der Waals surface area contributed by atoms with Gasteiger partial charge in [-0.15, -0.1) is 0 Å². The summed E-state index contributed by atoms with van der Waals surface area (Å²) in [4.78, 5) is 33.4. The summed E-state index contributed by atoms with van der Waals surface area (Å²) >= 11 is 0. The molecule has 0 aliphatic carbocycles. The van der Waals surface area contributed by atoms with Crippen molar-refractivity contribution in [2.75, 3.05) is 86.9 Å². The highest BCUT2D eigenvalue weighted by atomic mass is 16.6. The van der Waals surface area contributed by atoms with Gasteiger partial charge in [0.2, 0.25) is 5.95 Å². The fourth-order valence-corrected chi connectivity index (χ4v) is 5.01. The quantitative estimate of drug-likeness (QED) is 0.704. The first-order valence-electron chi connectivity index (χ1n) is 12.0. The zero-order valence-corrected chi connectivity index (χ0v) is 18.5. The second kappa shape index (κ2) is 9.46. The van der Waals surface area contributed by atoms with Crippen LogP contribution in [0.5, 0.6) is 0 Å². The smallest absolute Gasteiger partial charge is 0.411 e. The van der Waals surface area contributed by atoms with Crippen LogP contribution < -0.4 is 14.7 Å². The minimum Gasteiger partial charge on any atom is -0.433 e. The summed E-state index contributed by atoms with van der Waals surface area (Å²) in [6, 6.07) is 2.15. The van der Waals surface area contributed by atoms with Gasteiger partial charge >= 0.3 is 6.09 Å². The van der Waals surface area contributed by atoms with Gasteiger partial charge in [0.05, 0.1) is 0 Å². The highest BCUT2D eigenvalue weighted by Crippen LogP contribution is 2.27. The van der Waals surface area contributed by atoms with Crippen molar-refractivity contribution in [1.82, 2.24) is 19.8 Å². The maximum absolute atomic E-state index is 12.5. The zero-order valence-electron chi connectivity index (χ0n) is 18.5. The van der Waals surface area contributed by atoms with Crippen molar-refractivity contribution in [3.05, 3.63) is 6.07 Å². The number of carbonyl (C=O) groups excluding carboxylic acids is 1. The summed E-state index contributed by atoms with van der Waals surface area (Å²) in [6.45, 7) is 9.60. The molecule has 4 fully saturated rings. The van der Waals surface area contributed by atoms with Gasteiger partial charge in [0, 0.05) is 71.5 Å². The van der Waals surface area contributed by atoms with Crippen LogP contribution in [0.2, 0.25) is 0 Å². The maximum Gasteiger partial charge on any atom is 0.411 e. The number of carbonyl (C=O) groups is 1. The van der Waals surface area contributed by atoms with Crippen LogP contribution in [-0.2, 0) is 4.74 Å². The Morgan fingerprint density at radius 3 is 1.84 bits per heavy atom. The molecular formula is C22H35N7O2. The van der Waals surface area contributed by atoms with E-state index in [9.17, 15) is 4.79 Å². The minimum atomic E-state index is -0.190. The van der Waals surface area contributed by atoms with Gasteiger partial charge < -0.3 is 24.3 Å². The van der Waals surface area contributed by atoms with E-state index in [-0.39, 0.29) is 6.09 Å². The Labute approximate surface area is 184 Å². The van der Waals surface area contributed by atoms with E-state index in [1.807, 2.05) is 4.90 Å². The van der Waals surface area contributed by atoms with Crippen LogP contribution in [0, 0.1) is 0 Å². The van der Waals surface area contributed by atoms with Gasteiger partial charge in [0.1, 0.15) is 18.4 Å². The second-order valence-corrected chi connectivity index (χ2v) is 9.11. The van der Waals surface area contributed by atoms with Crippen LogP contribution in [0.3, 0.4) is 0 Å². The topological polar surface area (TPSA) is 68.3 Å². The van der Waals surface area contributed by atoms with Crippen LogP contribution in [0.25, 0.3) is 0 Å². The number of hydrogen-bond donors (Lipinski definition) is 0. The van der Waals surface area contributed by atoms with E-state index in [1.54, 1.807) is 0 Å². The minimum absolute atomic E-state index is 0.190. The van der Waals surface area contributed by atoms with Gasteiger partial charge in [-0.2, -0.15) is 9.97 Å². The molecule has 0 spiro atoms. The highest BCUT2D eigenvalue weighted by molar-refractivity contribution is 5.68. The van der Waals surface area contributed by atoms with E-state index < -0.39 is 0 Å². The number of nitrogens with zero attached hydrogens (tertiary/aromatic N) is 7. The molecule has 0 saturated carbocycles. The molecule has 0 N–H and O–H groups in total. The first-order valence-corrected chi connectivity index (χ1v) is 12.0. The molecule has 0 radical (unpaired) electrons. The number of aromatic nitrogens is 2. The monoisotopic (exact) mass is 429 g/mol. The Kier molecular flexibility index (Phi) is 6.29. The maximum atomic E-state index is 12.5. The number of piperazine rings is 1. The van der Waals surface area contributed by atoms with Crippen molar-refractivity contribution >= 4 is 23.7 Å². The summed E-state index contributed by atoms with van der Waals surface area (Å²) in [5, 5.41) is 0. The fraction of sp³-hybridized carbons (Fsp3) is 0.773. The summed E-state index contributed by atoms with van der Waals surface area (Å²) in [7, 11) is 0. The van der Waals surface area contributed by atoms with E-state index in [0.717, 1.165) is 69.9 Å². The first kappa shape index (κ1) is 20.6. The average Bonchev–Trinajstić information content (AvgIpc) is 3.60. The van der Waals surface area contributed by atoms with Crippen molar-refractivity contribution in [1.29, 1.82) is 0 Å². The molecule has 170 valence electrons. The lowest BCUT2D eigenvalue weighted by molar-refractivity contribution is 0.0525. The Morgan fingerprint density at radius 2 is 1.23 bits per heavy atom. The van der Waals surface area contributed by atoms with E-state index in [2.05, 4.69) is 25.7 Å². The van der Waals surface area contributed by atoms with Gasteiger partial charge in [-0.3, -0.25) is 4.90 Å². The molecule has 5 heterocycles. The molecule has 1 aromatic rings. The molecular weight excluding hydrogens is 394 g/mol. The van der Waals surface area contributed by atoms with Crippen LogP contribution in [0.4, 0.5) is 22.4 Å². The van der Waals surface area contributed by atoms with Gasteiger partial charge in [0.15, 0.2) is 0 Å². The molecule has 5 rings (SSSR count). The molecule has 0 unspecified atom stereocenters. The summed E-state index contributed by atoms with van der Waals surface area (Å²) < 4.78 is 5.54. The fourth-order valence-electron chi connectivity index (χ4n) is 5.01. The van der Waals surface area contributed by atoms with E-state index in [0.29, 0.717) is 19.8 Å². The molecule has 0 aromatic carbocycles. The first-order chi connectivity index (χ1) is 15.3. The zero-order chi connectivity index (χ0) is 21.0. The summed E-state index contributed by atoms with van der Waals surface area (Å²) in [6.07, 6.45) is 7.11. The molecule has 4 aliphatic heterocycles. The lowest BCUT2D eigenvalue weighted by Crippen LogP contribution is -2.49. The number of hydrogen-bond acceptors (Lipinski definition) is 8. The molecule has 9 nitrogen and oxygen atoms in total. The van der Waals surface area contributed by atoms with Gasteiger partial charge in [0.25, 0.3) is 0 Å². The van der Waals surface area contributed by atoms with Crippen LogP contribution >= 0.6 is 0 Å². The molecule has 1 aromatic heterocycles. The Morgan fingerprint density at radius 1 is 0.710 bits per heavy atom. The van der Waals surface area contributed by atoms with E-state index in [1.165, 1.54) is 38.5 Å². The van der Waals surface area contributed by atoms with Crippen molar-refractivity contribution in [2.24, 2.45) is 0 Å². The average molecular weight is 430 g/mol. The van der Waals surface area contributed by atoms with E-state index >= 15 is 0 Å². The van der Waals surface area contributed by atoms with Crippen LogP contribution in [0.15, 0.2) is 6.07 Å². The van der Waals surface area contributed by atoms with Crippen LogP contribution in [0.1, 0.15) is 38.5 Å². The largest absolute Gasteiger partial charge is 0.433 e. The predicted molar refractivity (Wildman–Crippen MR) is 121 cm³/mol.